The Morgan fingerprint density at radius 3 is 2.85 bits per heavy atom. The molecule has 0 saturated carbocycles. The Morgan fingerprint density at radius 1 is 1.23 bits per heavy atom. The molecule has 1 aliphatic heterocycles. The van der Waals surface area contributed by atoms with E-state index in [-0.39, 0.29) is 5.91 Å². The standard InChI is InChI=1S/C19H18N4OS2/c1-10-5-6-11(2)14(7-10)21-18-22-17(24)16(26-18)8-15-13(4)20-19-23(15)9-12(3)25-19/h5-9H,1-4H3,(H,21,22,24)/b16-8-. The number of aryl methyl sites for hydroxylation is 4. The minimum absolute atomic E-state index is 0.125. The number of aromatic nitrogens is 2. The first-order chi connectivity index (χ1) is 12.4. The minimum atomic E-state index is -0.125. The minimum Gasteiger partial charge on any atom is -0.300 e. The van der Waals surface area contributed by atoms with Crippen LogP contribution in [0.1, 0.15) is 27.4 Å². The molecule has 4 rings (SSSR count). The molecule has 26 heavy (non-hydrogen) atoms. The van der Waals surface area contributed by atoms with Crippen molar-refractivity contribution in [3.05, 3.63) is 56.7 Å². The van der Waals surface area contributed by atoms with Crippen molar-refractivity contribution in [3.63, 3.8) is 0 Å². The van der Waals surface area contributed by atoms with Crippen LogP contribution in [0.25, 0.3) is 11.0 Å². The first kappa shape index (κ1) is 17.1. The number of benzene rings is 1. The largest absolute Gasteiger partial charge is 0.300 e. The van der Waals surface area contributed by atoms with Crippen molar-refractivity contribution >= 4 is 50.9 Å². The summed E-state index contributed by atoms with van der Waals surface area (Å²) in [7, 11) is 0. The second-order valence-corrected chi connectivity index (χ2v) is 8.59. The molecule has 1 aliphatic rings. The van der Waals surface area contributed by atoms with Crippen LogP contribution >= 0.6 is 23.1 Å². The maximum Gasteiger partial charge on any atom is 0.264 e. The summed E-state index contributed by atoms with van der Waals surface area (Å²) in [6.07, 6.45) is 3.95. The number of imidazole rings is 1. The predicted octanol–water partition coefficient (Wildman–Crippen LogP) is 4.52. The number of fused-ring (bicyclic) bond motifs is 1. The molecule has 0 unspecified atom stereocenters. The first-order valence-corrected chi connectivity index (χ1v) is 9.86. The lowest BCUT2D eigenvalue weighted by Gasteiger charge is -2.02. The summed E-state index contributed by atoms with van der Waals surface area (Å²) >= 11 is 3.01. The number of thioether (sulfide) groups is 1. The van der Waals surface area contributed by atoms with Gasteiger partial charge >= 0.3 is 0 Å². The van der Waals surface area contributed by atoms with Gasteiger partial charge in [-0.15, -0.1) is 11.3 Å². The molecule has 132 valence electrons. The molecule has 0 aliphatic carbocycles. The van der Waals surface area contributed by atoms with E-state index in [1.165, 1.54) is 16.6 Å². The van der Waals surface area contributed by atoms with E-state index >= 15 is 0 Å². The molecule has 1 aromatic carbocycles. The molecule has 0 radical (unpaired) electrons. The monoisotopic (exact) mass is 382 g/mol. The topological polar surface area (TPSA) is 58.8 Å². The van der Waals surface area contributed by atoms with Gasteiger partial charge < -0.3 is 5.32 Å². The number of hydrogen-bond acceptors (Lipinski definition) is 5. The lowest BCUT2D eigenvalue weighted by Crippen LogP contribution is -2.19. The zero-order valence-corrected chi connectivity index (χ0v) is 16.6. The van der Waals surface area contributed by atoms with Crippen molar-refractivity contribution < 1.29 is 4.79 Å². The van der Waals surface area contributed by atoms with Crippen molar-refractivity contribution in [2.24, 2.45) is 4.99 Å². The highest BCUT2D eigenvalue weighted by Gasteiger charge is 2.25. The summed E-state index contributed by atoms with van der Waals surface area (Å²) in [5.41, 5.74) is 4.96. The molecule has 7 heteroatoms. The summed E-state index contributed by atoms with van der Waals surface area (Å²) < 4.78 is 2.04. The van der Waals surface area contributed by atoms with Gasteiger partial charge in [0.05, 0.1) is 22.0 Å². The molecule has 3 aromatic rings. The zero-order valence-electron chi connectivity index (χ0n) is 15.0. The fourth-order valence-corrected chi connectivity index (χ4v) is 4.50. The maximum atomic E-state index is 12.4. The summed E-state index contributed by atoms with van der Waals surface area (Å²) in [4.78, 5) is 24.4. The van der Waals surface area contributed by atoms with E-state index < -0.39 is 0 Å². The smallest absolute Gasteiger partial charge is 0.264 e. The van der Waals surface area contributed by atoms with Crippen LogP contribution in [-0.4, -0.2) is 20.5 Å². The molecule has 1 fully saturated rings. The molecule has 1 amide bonds. The molecular formula is C19H18N4OS2. The fourth-order valence-electron chi connectivity index (χ4n) is 2.81. The number of thiazole rings is 1. The number of aliphatic imine (C=N–C) groups is 1. The Hall–Kier alpha value is -2.38. The predicted molar refractivity (Wildman–Crippen MR) is 109 cm³/mol. The van der Waals surface area contributed by atoms with Crippen molar-refractivity contribution in [2.75, 3.05) is 0 Å². The second kappa shape index (κ2) is 6.41. The highest BCUT2D eigenvalue weighted by molar-refractivity contribution is 8.18. The van der Waals surface area contributed by atoms with Crippen LogP contribution in [0.3, 0.4) is 0 Å². The summed E-state index contributed by atoms with van der Waals surface area (Å²) in [5, 5.41) is 3.47. The van der Waals surface area contributed by atoms with Gasteiger partial charge in [0.2, 0.25) is 0 Å². The van der Waals surface area contributed by atoms with Crippen molar-refractivity contribution in [1.82, 2.24) is 14.7 Å². The Kier molecular flexibility index (Phi) is 4.20. The lowest BCUT2D eigenvalue weighted by atomic mass is 10.1. The van der Waals surface area contributed by atoms with Gasteiger partial charge in [0.25, 0.3) is 5.91 Å². The number of nitrogens with one attached hydrogen (secondary N) is 1. The van der Waals surface area contributed by atoms with E-state index in [1.54, 1.807) is 11.3 Å². The van der Waals surface area contributed by atoms with Crippen LogP contribution < -0.4 is 5.32 Å². The molecule has 2 aromatic heterocycles. The van der Waals surface area contributed by atoms with Gasteiger partial charge in [0.15, 0.2) is 10.1 Å². The first-order valence-electron chi connectivity index (χ1n) is 8.22. The highest BCUT2D eigenvalue weighted by atomic mass is 32.2. The average Bonchev–Trinajstić information content (AvgIpc) is 3.18. The third kappa shape index (κ3) is 3.08. The van der Waals surface area contributed by atoms with Crippen LogP contribution in [0.15, 0.2) is 34.3 Å². The SMILES string of the molecule is Cc1ccc(C)c(N=C2NC(=O)/C(=C/c3c(C)nc4sc(C)cn34)S2)c1. The number of carbonyl (C=O) groups is 1. The van der Waals surface area contributed by atoms with Gasteiger partial charge in [0, 0.05) is 11.1 Å². The van der Waals surface area contributed by atoms with Gasteiger partial charge in [-0.3, -0.25) is 9.20 Å². The number of carbonyl (C=O) groups excluding carboxylic acids is 1. The Balaban J connectivity index is 1.69. The highest BCUT2D eigenvalue weighted by Crippen LogP contribution is 2.31. The number of amides is 1. The van der Waals surface area contributed by atoms with Crippen molar-refractivity contribution in [1.29, 1.82) is 0 Å². The van der Waals surface area contributed by atoms with Crippen molar-refractivity contribution in [3.8, 4) is 0 Å². The van der Waals surface area contributed by atoms with Gasteiger partial charge in [-0.1, -0.05) is 12.1 Å². The summed E-state index contributed by atoms with van der Waals surface area (Å²) in [5.74, 6) is -0.125. The molecule has 5 nitrogen and oxygen atoms in total. The van der Waals surface area contributed by atoms with Crippen LogP contribution in [0.4, 0.5) is 5.69 Å². The van der Waals surface area contributed by atoms with Gasteiger partial charge in [-0.25, -0.2) is 9.98 Å². The van der Waals surface area contributed by atoms with Crippen LogP contribution in [-0.2, 0) is 4.79 Å². The van der Waals surface area contributed by atoms with Crippen LogP contribution in [0.5, 0.6) is 0 Å². The summed E-state index contributed by atoms with van der Waals surface area (Å²) in [6.45, 7) is 8.06. The lowest BCUT2D eigenvalue weighted by molar-refractivity contribution is -0.115. The Bertz CT molecular complexity index is 1100. The molecule has 1 saturated heterocycles. The van der Waals surface area contributed by atoms with E-state index in [0.717, 1.165) is 33.2 Å². The van der Waals surface area contributed by atoms with Gasteiger partial charge in [0.1, 0.15) is 0 Å². The number of amidine groups is 1. The molecular weight excluding hydrogens is 364 g/mol. The average molecular weight is 383 g/mol. The fraction of sp³-hybridized carbons (Fsp3) is 0.211. The number of hydrogen-bond donors (Lipinski definition) is 1. The molecule has 3 heterocycles. The van der Waals surface area contributed by atoms with Crippen LogP contribution in [0.2, 0.25) is 0 Å². The third-order valence-electron chi connectivity index (χ3n) is 4.17. The van der Waals surface area contributed by atoms with E-state index in [9.17, 15) is 4.79 Å². The molecule has 0 bridgehead atoms. The third-order valence-corrected chi connectivity index (χ3v) is 5.98. The Labute approximate surface area is 159 Å². The quantitative estimate of drug-likeness (QED) is 0.663. The normalized spacial score (nSPS) is 17.6. The van der Waals surface area contributed by atoms with Gasteiger partial charge in [-0.2, -0.15) is 0 Å². The number of nitrogens with zero attached hydrogens (tertiary/aromatic N) is 3. The molecule has 1 N–H and O–H groups in total. The van der Waals surface area contributed by atoms with Crippen molar-refractivity contribution in [2.45, 2.75) is 27.7 Å². The van der Waals surface area contributed by atoms with E-state index in [4.69, 9.17) is 0 Å². The number of rotatable bonds is 2. The van der Waals surface area contributed by atoms with E-state index in [2.05, 4.69) is 34.5 Å². The second-order valence-electron chi connectivity index (χ2n) is 6.35. The Morgan fingerprint density at radius 2 is 2.04 bits per heavy atom. The summed E-state index contributed by atoms with van der Waals surface area (Å²) in [6, 6.07) is 6.12. The molecule has 0 atom stereocenters. The zero-order chi connectivity index (χ0) is 18.4. The van der Waals surface area contributed by atoms with E-state index in [0.29, 0.717) is 10.1 Å². The molecule has 0 spiro atoms. The van der Waals surface area contributed by atoms with E-state index in [1.807, 2.05) is 43.4 Å². The maximum absolute atomic E-state index is 12.4. The van der Waals surface area contributed by atoms with Gasteiger partial charge in [-0.05, 0) is 62.7 Å². The van der Waals surface area contributed by atoms with Crippen LogP contribution in [0, 0.1) is 27.7 Å².